The molecule has 1 saturated carbocycles. The molecule has 0 heterocycles. The Morgan fingerprint density at radius 3 is 2.50 bits per heavy atom. The summed E-state index contributed by atoms with van der Waals surface area (Å²) in [5, 5.41) is 8.80. The van der Waals surface area contributed by atoms with Gasteiger partial charge >= 0.3 is 12.0 Å². The molecule has 0 aliphatic heterocycles. The van der Waals surface area contributed by atoms with E-state index in [1.807, 2.05) is 0 Å². The van der Waals surface area contributed by atoms with E-state index in [4.69, 9.17) is 9.84 Å². The summed E-state index contributed by atoms with van der Waals surface area (Å²) >= 11 is 0. The number of carbonyl (C=O) groups is 2. The van der Waals surface area contributed by atoms with Crippen LogP contribution >= 0.6 is 0 Å². The highest BCUT2D eigenvalue weighted by atomic mass is 16.5. The van der Waals surface area contributed by atoms with E-state index in [1.165, 1.54) is 12.0 Å². The van der Waals surface area contributed by atoms with Crippen LogP contribution in [0.5, 0.6) is 0 Å². The van der Waals surface area contributed by atoms with Gasteiger partial charge in [-0.3, -0.25) is 4.79 Å². The number of aliphatic carboxylic acids is 1. The molecule has 0 aromatic heterocycles. The molecular formula is C12H22N2O4. The summed E-state index contributed by atoms with van der Waals surface area (Å²) in [6.07, 6.45) is 1.15. The van der Waals surface area contributed by atoms with Gasteiger partial charge in [-0.2, -0.15) is 0 Å². The smallest absolute Gasteiger partial charge is 0.323 e. The monoisotopic (exact) mass is 258 g/mol. The summed E-state index contributed by atoms with van der Waals surface area (Å²) in [6.45, 7) is 3.21. The van der Waals surface area contributed by atoms with Gasteiger partial charge in [-0.25, -0.2) is 4.79 Å². The standard InChI is InChI=1S/C12H22N2O4/c1-9-6-10(9)7-13(2)12(17)14(4-5-18-3)8-11(15)16/h9-10H,4-8H2,1-3H3,(H,15,16). The number of carboxylic acids is 1. The molecule has 0 aromatic rings. The van der Waals surface area contributed by atoms with E-state index in [9.17, 15) is 9.59 Å². The zero-order valence-corrected chi connectivity index (χ0v) is 11.3. The van der Waals surface area contributed by atoms with Crippen LogP contribution in [0.3, 0.4) is 0 Å². The fourth-order valence-electron chi connectivity index (χ4n) is 1.93. The molecule has 2 atom stereocenters. The van der Waals surface area contributed by atoms with E-state index in [0.29, 0.717) is 31.5 Å². The topological polar surface area (TPSA) is 70.1 Å². The normalized spacial score (nSPS) is 21.5. The minimum atomic E-state index is -1.01. The van der Waals surface area contributed by atoms with Gasteiger partial charge in [0.25, 0.3) is 0 Å². The van der Waals surface area contributed by atoms with Crippen LogP contribution in [0.25, 0.3) is 0 Å². The lowest BCUT2D eigenvalue weighted by Crippen LogP contribution is -2.45. The Balaban J connectivity index is 2.47. The number of carbonyl (C=O) groups excluding carboxylic acids is 1. The first-order chi connectivity index (χ1) is 8.45. The number of hydrogen-bond acceptors (Lipinski definition) is 3. The second-order valence-electron chi connectivity index (χ2n) is 4.94. The average molecular weight is 258 g/mol. The number of hydrogen-bond donors (Lipinski definition) is 1. The van der Waals surface area contributed by atoms with Crippen molar-refractivity contribution in [2.75, 3.05) is 40.4 Å². The van der Waals surface area contributed by atoms with Crippen LogP contribution in [0.1, 0.15) is 13.3 Å². The fraction of sp³-hybridized carbons (Fsp3) is 0.833. The van der Waals surface area contributed by atoms with Crippen LogP contribution in [0.15, 0.2) is 0 Å². The molecule has 2 unspecified atom stereocenters. The third-order valence-electron chi connectivity index (χ3n) is 3.27. The van der Waals surface area contributed by atoms with Crippen LogP contribution < -0.4 is 0 Å². The van der Waals surface area contributed by atoms with Crippen LogP contribution in [-0.2, 0) is 9.53 Å². The summed E-state index contributed by atoms with van der Waals surface area (Å²) in [7, 11) is 3.24. The van der Waals surface area contributed by atoms with E-state index >= 15 is 0 Å². The minimum absolute atomic E-state index is 0.242. The number of ether oxygens (including phenoxy) is 1. The van der Waals surface area contributed by atoms with Crippen molar-refractivity contribution in [1.29, 1.82) is 0 Å². The Labute approximate surface area is 107 Å². The van der Waals surface area contributed by atoms with Gasteiger partial charge in [0.05, 0.1) is 6.61 Å². The molecule has 0 saturated heterocycles. The van der Waals surface area contributed by atoms with Gasteiger partial charge in [-0.15, -0.1) is 0 Å². The molecule has 1 N–H and O–H groups in total. The number of carboxylic acid groups (broad SMARTS) is 1. The maximum absolute atomic E-state index is 12.1. The maximum atomic E-state index is 12.1. The number of nitrogens with zero attached hydrogens (tertiary/aromatic N) is 2. The van der Waals surface area contributed by atoms with Crippen molar-refractivity contribution in [2.45, 2.75) is 13.3 Å². The Morgan fingerprint density at radius 2 is 2.06 bits per heavy atom. The Kier molecular flexibility index (Phi) is 5.40. The number of amides is 2. The summed E-state index contributed by atoms with van der Waals surface area (Å²) in [5.74, 6) is 0.229. The molecule has 18 heavy (non-hydrogen) atoms. The van der Waals surface area contributed by atoms with Gasteiger partial charge < -0.3 is 19.6 Å². The van der Waals surface area contributed by atoms with Crippen LogP contribution in [0.2, 0.25) is 0 Å². The molecular weight excluding hydrogens is 236 g/mol. The predicted octanol–water partition coefficient (Wildman–Crippen LogP) is 0.727. The molecule has 104 valence electrons. The Morgan fingerprint density at radius 1 is 1.44 bits per heavy atom. The summed E-state index contributed by atoms with van der Waals surface area (Å²) < 4.78 is 4.89. The number of rotatable bonds is 7. The van der Waals surface area contributed by atoms with Gasteiger partial charge in [-0.1, -0.05) is 6.92 Å². The molecule has 2 amide bonds. The second-order valence-corrected chi connectivity index (χ2v) is 4.94. The average Bonchev–Trinajstić information content (AvgIpc) is 2.98. The van der Waals surface area contributed by atoms with Crippen LogP contribution in [0, 0.1) is 11.8 Å². The van der Waals surface area contributed by atoms with Crippen molar-refractivity contribution in [2.24, 2.45) is 11.8 Å². The van der Waals surface area contributed by atoms with Crippen molar-refractivity contribution in [1.82, 2.24) is 9.80 Å². The third kappa shape index (κ3) is 4.52. The molecule has 1 aliphatic carbocycles. The lowest BCUT2D eigenvalue weighted by atomic mass is 10.3. The summed E-state index contributed by atoms with van der Waals surface area (Å²) in [4.78, 5) is 25.7. The first-order valence-electron chi connectivity index (χ1n) is 6.16. The van der Waals surface area contributed by atoms with Crippen LogP contribution in [-0.4, -0.2) is 67.3 Å². The summed E-state index contributed by atoms with van der Waals surface area (Å²) in [5.41, 5.74) is 0. The SMILES string of the molecule is COCCN(CC(=O)O)C(=O)N(C)CC1CC1C. The van der Waals surface area contributed by atoms with Gasteiger partial charge in [0.1, 0.15) is 6.54 Å². The highest BCUT2D eigenvalue weighted by Gasteiger charge is 2.35. The molecule has 6 nitrogen and oxygen atoms in total. The van der Waals surface area contributed by atoms with E-state index in [2.05, 4.69) is 6.92 Å². The largest absolute Gasteiger partial charge is 0.480 e. The first kappa shape index (κ1) is 14.8. The van der Waals surface area contributed by atoms with Crippen LogP contribution in [0.4, 0.5) is 4.79 Å². The van der Waals surface area contributed by atoms with Crippen molar-refractivity contribution in [3.63, 3.8) is 0 Å². The van der Waals surface area contributed by atoms with Gasteiger partial charge in [0.2, 0.25) is 0 Å². The second kappa shape index (κ2) is 6.58. The summed E-state index contributed by atoms with van der Waals surface area (Å²) in [6, 6.07) is -0.242. The van der Waals surface area contributed by atoms with Crippen molar-refractivity contribution in [3.8, 4) is 0 Å². The fourth-order valence-corrected chi connectivity index (χ4v) is 1.93. The molecule has 6 heteroatoms. The first-order valence-corrected chi connectivity index (χ1v) is 6.16. The molecule has 1 fully saturated rings. The molecule has 0 radical (unpaired) electrons. The zero-order valence-electron chi connectivity index (χ0n) is 11.3. The zero-order chi connectivity index (χ0) is 13.7. The van der Waals surface area contributed by atoms with Crippen molar-refractivity contribution < 1.29 is 19.4 Å². The van der Waals surface area contributed by atoms with Gasteiger partial charge in [0.15, 0.2) is 0 Å². The van der Waals surface area contributed by atoms with Crippen molar-refractivity contribution in [3.05, 3.63) is 0 Å². The Bertz CT molecular complexity index is 308. The number of urea groups is 1. The molecule has 1 aliphatic rings. The van der Waals surface area contributed by atoms with E-state index in [1.54, 1.807) is 11.9 Å². The lowest BCUT2D eigenvalue weighted by molar-refractivity contribution is -0.137. The molecule has 1 rings (SSSR count). The molecule has 0 aromatic carbocycles. The molecule has 0 spiro atoms. The van der Waals surface area contributed by atoms with Crippen molar-refractivity contribution >= 4 is 12.0 Å². The van der Waals surface area contributed by atoms with E-state index < -0.39 is 5.97 Å². The minimum Gasteiger partial charge on any atom is -0.480 e. The van der Waals surface area contributed by atoms with E-state index in [0.717, 1.165) is 6.42 Å². The van der Waals surface area contributed by atoms with E-state index in [-0.39, 0.29) is 12.6 Å². The quantitative estimate of drug-likeness (QED) is 0.730. The lowest BCUT2D eigenvalue weighted by Gasteiger charge is -2.26. The van der Waals surface area contributed by atoms with Gasteiger partial charge in [-0.05, 0) is 18.3 Å². The highest BCUT2D eigenvalue weighted by molar-refractivity contribution is 5.80. The maximum Gasteiger partial charge on any atom is 0.323 e. The third-order valence-corrected chi connectivity index (χ3v) is 3.27. The van der Waals surface area contributed by atoms with Gasteiger partial charge in [0, 0.05) is 27.2 Å². The molecule has 0 bridgehead atoms. The Hall–Kier alpha value is -1.30. The highest BCUT2D eigenvalue weighted by Crippen LogP contribution is 2.38. The number of methoxy groups -OCH3 is 1. The predicted molar refractivity (Wildman–Crippen MR) is 66.4 cm³/mol.